The Morgan fingerprint density at radius 3 is 1.59 bits per heavy atom. The molecule has 9 nitrogen and oxygen atoms in total. The van der Waals surface area contributed by atoms with Crippen LogP contribution < -0.4 is 0 Å². The lowest BCUT2D eigenvalue weighted by Gasteiger charge is -2.63. The summed E-state index contributed by atoms with van der Waals surface area (Å²) in [5.74, 6) is 6.19. The molecule has 0 aromatic carbocycles. The van der Waals surface area contributed by atoms with Gasteiger partial charge in [0.2, 0.25) is 0 Å². The molecule has 9 aliphatic rings. The van der Waals surface area contributed by atoms with Crippen molar-refractivity contribution in [2.24, 2.45) is 92.7 Å². The molecule has 9 rings (SSSR count). The van der Waals surface area contributed by atoms with Crippen LogP contribution in [0.3, 0.4) is 0 Å². The molecule has 0 aromatic rings. The zero-order chi connectivity index (χ0) is 43.7. The van der Waals surface area contributed by atoms with Crippen molar-refractivity contribution in [1.29, 1.82) is 0 Å². The van der Waals surface area contributed by atoms with Crippen LogP contribution in [0.4, 0.5) is 0 Å². The molecule has 61 heavy (non-hydrogen) atoms. The molecule has 8 aliphatic carbocycles. The zero-order valence-electron chi connectivity index (χ0n) is 39.4. The molecule has 6 unspecified atom stereocenters. The van der Waals surface area contributed by atoms with Crippen molar-refractivity contribution >= 4 is 17.7 Å². The summed E-state index contributed by atoms with van der Waals surface area (Å²) in [6.45, 7) is 16.0. The first-order valence-electron chi connectivity index (χ1n) is 25.2. The van der Waals surface area contributed by atoms with Crippen LogP contribution in [0.25, 0.3) is 0 Å². The molecule has 346 valence electrons. The molecule has 1 heterocycles. The summed E-state index contributed by atoms with van der Waals surface area (Å²) in [7, 11) is 2.95. The molecule has 0 bridgehead atoms. The first kappa shape index (κ1) is 46.0. The maximum atomic E-state index is 12.1. The summed E-state index contributed by atoms with van der Waals surface area (Å²) >= 11 is 0. The smallest absolute Gasteiger partial charge is 0.305 e. The number of fused-ring (bicyclic) bond motifs is 10. The molecule has 9 heteroatoms. The van der Waals surface area contributed by atoms with Crippen molar-refractivity contribution in [3.8, 4) is 0 Å². The van der Waals surface area contributed by atoms with Crippen LogP contribution in [0.2, 0.25) is 0 Å². The molecule has 0 radical (unpaired) electrons. The highest BCUT2D eigenvalue weighted by molar-refractivity contribution is 5.79. The van der Waals surface area contributed by atoms with E-state index in [0.29, 0.717) is 115 Å². The molecule has 1 saturated heterocycles. The van der Waals surface area contributed by atoms with Crippen molar-refractivity contribution in [2.75, 3.05) is 27.4 Å². The first-order chi connectivity index (χ1) is 28.9. The quantitative estimate of drug-likeness (QED) is 0.230. The van der Waals surface area contributed by atoms with Crippen LogP contribution in [0, 0.1) is 92.7 Å². The maximum Gasteiger partial charge on any atom is 0.305 e. The number of carbonyl (C=O) groups is 3. The van der Waals surface area contributed by atoms with Crippen LogP contribution in [0.15, 0.2) is 0 Å². The van der Waals surface area contributed by atoms with Gasteiger partial charge in [-0.25, -0.2) is 0 Å². The number of ketones is 1. The van der Waals surface area contributed by atoms with E-state index in [-0.39, 0.29) is 46.2 Å². The van der Waals surface area contributed by atoms with Crippen molar-refractivity contribution in [3.63, 3.8) is 0 Å². The topological polar surface area (TPSA) is 129 Å². The van der Waals surface area contributed by atoms with E-state index in [4.69, 9.17) is 18.9 Å². The molecule has 0 aromatic heterocycles. The van der Waals surface area contributed by atoms with Gasteiger partial charge in [-0.05, 0) is 183 Å². The molecule has 9 fully saturated rings. The molecule has 8 saturated carbocycles. The van der Waals surface area contributed by atoms with E-state index >= 15 is 0 Å². The molecular formula is C52H84O9. The van der Waals surface area contributed by atoms with Crippen molar-refractivity contribution in [3.05, 3.63) is 0 Å². The average Bonchev–Trinajstić information content (AvgIpc) is 3.95. The Kier molecular flexibility index (Phi) is 13.1. The highest BCUT2D eigenvalue weighted by Crippen LogP contribution is 2.70. The third-order valence-electron chi connectivity index (χ3n) is 21.6. The summed E-state index contributed by atoms with van der Waals surface area (Å²) in [5.41, 5.74) is 1.08. The second-order valence-corrected chi connectivity index (χ2v) is 23.8. The second kappa shape index (κ2) is 17.3. The minimum absolute atomic E-state index is 0.0905. The number of esters is 2. The van der Waals surface area contributed by atoms with E-state index in [9.17, 15) is 24.6 Å². The van der Waals surface area contributed by atoms with Gasteiger partial charge in [0.1, 0.15) is 5.78 Å². The number of hydrogen-bond donors (Lipinski definition) is 2. The predicted octanol–water partition coefficient (Wildman–Crippen LogP) is 9.72. The van der Waals surface area contributed by atoms with Crippen molar-refractivity contribution in [1.82, 2.24) is 0 Å². The van der Waals surface area contributed by atoms with Gasteiger partial charge in [0.15, 0.2) is 5.79 Å². The van der Waals surface area contributed by atoms with Crippen molar-refractivity contribution < 1.29 is 43.5 Å². The predicted molar refractivity (Wildman–Crippen MR) is 234 cm³/mol. The zero-order valence-corrected chi connectivity index (χ0v) is 39.4. The minimum atomic E-state index is -0.368. The number of hydrogen-bond acceptors (Lipinski definition) is 9. The molecule has 18 atom stereocenters. The Morgan fingerprint density at radius 2 is 1.10 bits per heavy atom. The fourth-order valence-corrected chi connectivity index (χ4v) is 18.2. The molecular weight excluding hydrogens is 769 g/mol. The normalized spacial score (nSPS) is 47.9. The van der Waals surface area contributed by atoms with Gasteiger partial charge < -0.3 is 29.2 Å². The van der Waals surface area contributed by atoms with Crippen LogP contribution in [-0.2, 0) is 33.3 Å². The lowest BCUT2D eigenvalue weighted by molar-refractivity contribution is -0.243. The standard InChI is InChI=1S/C27H44O5.C25H40O4/c1-17(5-8-23(29)30-4)19-6-7-20-24-21(9-10-26(19,20)3)25(2)11-12-27(31-13-14-32-27)16-18(25)15-22(24)28;1-15(5-8-22(28)29-4)18-6-7-19-23-20(10-12-25(18,19)3)24(2)11-9-17(26)13-16(24)14-21(23)27/h17-22,24,28H,5-16H2,1-4H3;15-16,18-21,23,27H,5-14H2,1-4H3/t17-,18+,19-,20?,21?,22-,24?,25+,26-;15-,16-,18-,19?,20?,21-,23?,24+,25-/m11/s1. The molecule has 0 amide bonds. The first-order valence-corrected chi connectivity index (χ1v) is 25.2. The summed E-state index contributed by atoms with van der Waals surface area (Å²) in [6, 6.07) is 0. The summed E-state index contributed by atoms with van der Waals surface area (Å²) in [4.78, 5) is 35.4. The highest BCUT2D eigenvalue weighted by Gasteiger charge is 2.66. The van der Waals surface area contributed by atoms with Gasteiger partial charge >= 0.3 is 11.9 Å². The monoisotopic (exact) mass is 853 g/mol. The minimum Gasteiger partial charge on any atom is -0.469 e. The second-order valence-electron chi connectivity index (χ2n) is 23.8. The van der Waals surface area contributed by atoms with Crippen LogP contribution in [-0.4, -0.2) is 73.4 Å². The Labute approximate surface area is 368 Å². The number of carbonyl (C=O) groups excluding carboxylic acids is 3. The Hall–Kier alpha value is -1.55. The van der Waals surface area contributed by atoms with E-state index < -0.39 is 0 Å². The molecule has 2 N–H and O–H groups in total. The van der Waals surface area contributed by atoms with Gasteiger partial charge in [0.05, 0.1) is 39.6 Å². The highest BCUT2D eigenvalue weighted by atomic mass is 16.7. The largest absolute Gasteiger partial charge is 0.469 e. The number of aliphatic hydroxyl groups excluding tert-OH is 2. The Morgan fingerprint density at radius 1 is 0.639 bits per heavy atom. The average molecular weight is 853 g/mol. The van der Waals surface area contributed by atoms with Crippen LogP contribution in [0.5, 0.6) is 0 Å². The van der Waals surface area contributed by atoms with Gasteiger partial charge in [-0.3, -0.25) is 14.4 Å². The summed E-state index contributed by atoms with van der Waals surface area (Å²) in [5, 5.41) is 22.8. The number of aliphatic hydroxyl groups is 2. The van der Waals surface area contributed by atoms with E-state index in [1.54, 1.807) is 0 Å². The fourth-order valence-electron chi connectivity index (χ4n) is 18.2. The van der Waals surface area contributed by atoms with E-state index in [2.05, 4.69) is 41.5 Å². The summed E-state index contributed by atoms with van der Waals surface area (Å²) < 4.78 is 21.9. The fraction of sp³-hybridized carbons (Fsp3) is 0.942. The van der Waals surface area contributed by atoms with Gasteiger partial charge in [-0.1, -0.05) is 41.5 Å². The Bertz CT molecular complexity index is 1610. The lowest BCUT2D eigenvalue weighted by atomic mass is 9.43. The molecule has 1 aliphatic heterocycles. The van der Waals surface area contributed by atoms with E-state index in [1.165, 1.54) is 65.6 Å². The third-order valence-corrected chi connectivity index (χ3v) is 21.6. The van der Waals surface area contributed by atoms with Gasteiger partial charge in [0, 0.05) is 38.5 Å². The Balaban J connectivity index is 0.000000169. The number of ether oxygens (including phenoxy) is 4. The summed E-state index contributed by atoms with van der Waals surface area (Å²) in [6.07, 6.45) is 19.5. The molecule has 1 spiro atoms. The van der Waals surface area contributed by atoms with Gasteiger partial charge in [0.25, 0.3) is 0 Å². The third kappa shape index (κ3) is 7.91. The van der Waals surface area contributed by atoms with Crippen LogP contribution in [0.1, 0.15) is 170 Å². The SMILES string of the molecule is COC(=O)CC[C@@H](C)[C@H]1CCC2C3C(CC[C@@]21C)[C@@]1(C)CCC(=O)C[C@@H]1C[C@H]3O.COC(=O)CC[C@@H](C)[C@H]1CCC2C3C(CC[C@@]21C)[C@@]1(C)CCC2(C[C@@H]1C[C@H]3O)OCCO2. The van der Waals surface area contributed by atoms with Crippen LogP contribution >= 0.6 is 0 Å². The number of rotatable bonds is 8. The van der Waals surface area contributed by atoms with Gasteiger partial charge in [-0.2, -0.15) is 0 Å². The number of Topliss-reactive ketones (excluding diaryl/α,β-unsaturated/α-hetero) is 1. The van der Waals surface area contributed by atoms with E-state index in [0.717, 1.165) is 57.8 Å². The van der Waals surface area contributed by atoms with E-state index in [1.807, 2.05) is 0 Å². The van der Waals surface area contributed by atoms with Gasteiger partial charge in [-0.15, -0.1) is 0 Å². The maximum absolute atomic E-state index is 12.1. The van der Waals surface area contributed by atoms with Crippen molar-refractivity contribution in [2.45, 2.75) is 188 Å². The lowest BCUT2D eigenvalue weighted by Crippen LogP contribution is -2.60. The number of methoxy groups -OCH3 is 2.